The van der Waals surface area contributed by atoms with Crippen molar-refractivity contribution in [3.05, 3.63) is 24.3 Å². The summed E-state index contributed by atoms with van der Waals surface area (Å²) in [5.41, 5.74) is 1.36. The minimum absolute atomic E-state index is 0.139. The van der Waals surface area contributed by atoms with Crippen LogP contribution in [0.3, 0.4) is 0 Å². The minimum Gasteiger partial charge on any atom is -0.481 e. The van der Waals surface area contributed by atoms with Crippen molar-refractivity contribution in [2.75, 3.05) is 0 Å². The SMILES string of the molecule is C=C[C@]1(C)C=C2CCC3[C@@](C)(CCC[C@]3(C)C(=O)O)C2CC1. The zero-order valence-electron chi connectivity index (χ0n) is 14.3. The zero-order chi connectivity index (χ0) is 16.2. The topological polar surface area (TPSA) is 37.3 Å². The average molecular weight is 302 g/mol. The number of hydrogen-bond acceptors (Lipinski definition) is 1. The van der Waals surface area contributed by atoms with Gasteiger partial charge < -0.3 is 5.11 Å². The number of rotatable bonds is 2. The number of fused-ring (bicyclic) bond motifs is 3. The summed E-state index contributed by atoms with van der Waals surface area (Å²) < 4.78 is 0. The number of aliphatic carboxylic acids is 1. The third-order valence-corrected chi connectivity index (χ3v) is 7.38. The van der Waals surface area contributed by atoms with Crippen LogP contribution >= 0.6 is 0 Å². The molecule has 0 aromatic heterocycles. The molecule has 0 aromatic rings. The van der Waals surface area contributed by atoms with Crippen LogP contribution in [0.25, 0.3) is 0 Å². The minimum atomic E-state index is -0.581. The third-order valence-electron chi connectivity index (χ3n) is 7.38. The van der Waals surface area contributed by atoms with Gasteiger partial charge in [0, 0.05) is 5.41 Å². The van der Waals surface area contributed by atoms with Gasteiger partial charge in [0.05, 0.1) is 5.41 Å². The summed E-state index contributed by atoms with van der Waals surface area (Å²) in [5, 5.41) is 9.84. The van der Waals surface area contributed by atoms with E-state index in [4.69, 9.17) is 0 Å². The molecule has 0 radical (unpaired) electrons. The number of carboxylic acid groups (broad SMARTS) is 1. The highest BCUT2D eigenvalue weighted by Crippen LogP contribution is 2.63. The first-order valence-electron chi connectivity index (χ1n) is 8.84. The Morgan fingerprint density at radius 2 is 2.00 bits per heavy atom. The maximum Gasteiger partial charge on any atom is 0.309 e. The molecule has 0 aliphatic heterocycles. The van der Waals surface area contributed by atoms with Crippen molar-refractivity contribution in [3.63, 3.8) is 0 Å². The van der Waals surface area contributed by atoms with Gasteiger partial charge in [-0.05, 0) is 62.7 Å². The molecule has 3 aliphatic carbocycles. The van der Waals surface area contributed by atoms with Crippen LogP contribution in [0.4, 0.5) is 0 Å². The molecule has 122 valence electrons. The quantitative estimate of drug-likeness (QED) is 0.711. The molecular formula is C20H30O2. The van der Waals surface area contributed by atoms with E-state index >= 15 is 0 Å². The maximum atomic E-state index is 12.0. The van der Waals surface area contributed by atoms with Gasteiger partial charge in [0.1, 0.15) is 0 Å². The van der Waals surface area contributed by atoms with E-state index in [0.29, 0.717) is 11.8 Å². The normalized spacial score (nSPS) is 47.9. The summed E-state index contributed by atoms with van der Waals surface area (Å²) in [6.45, 7) is 10.7. The first-order chi connectivity index (χ1) is 10.3. The van der Waals surface area contributed by atoms with E-state index in [2.05, 4.69) is 32.6 Å². The van der Waals surface area contributed by atoms with Crippen molar-refractivity contribution < 1.29 is 9.90 Å². The summed E-state index contributed by atoms with van der Waals surface area (Å²) in [6, 6.07) is 0. The van der Waals surface area contributed by atoms with Gasteiger partial charge in [0.25, 0.3) is 0 Å². The lowest BCUT2D eigenvalue weighted by molar-refractivity contribution is -0.164. The Labute approximate surface area is 134 Å². The van der Waals surface area contributed by atoms with Crippen LogP contribution in [0.1, 0.15) is 65.7 Å². The van der Waals surface area contributed by atoms with Crippen molar-refractivity contribution >= 4 is 5.97 Å². The largest absolute Gasteiger partial charge is 0.481 e. The molecule has 0 bridgehead atoms. The molecule has 0 saturated heterocycles. The van der Waals surface area contributed by atoms with Crippen LogP contribution in [0.2, 0.25) is 0 Å². The molecular weight excluding hydrogens is 272 g/mol. The van der Waals surface area contributed by atoms with Crippen LogP contribution in [-0.2, 0) is 4.79 Å². The Balaban J connectivity index is 1.99. The van der Waals surface area contributed by atoms with Crippen molar-refractivity contribution in [3.8, 4) is 0 Å². The first-order valence-corrected chi connectivity index (χ1v) is 8.84. The van der Waals surface area contributed by atoms with Crippen molar-refractivity contribution in [1.82, 2.24) is 0 Å². The van der Waals surface area contributed by atoms with Gasteiger partial charge in [-0.15, -0.1) is 6.58 Å². The van der Waals surface area contributed by atoms with E-state index < -0.39 is 11.4 Å². The molecule has 3 rings (SSSR count). The molecule has 3 aliphatic rings. The Bertz CT molecular complexity index is 534. The molecule has 2 fully saturated rings. The lowest BCUT2D eigenvalue weighted by Gasteiger charge is -2.59. The fraction of sp³-hybridized carbons (Fsp3) is 0.750. The van der Waals surface area contributed by atoms with Crippen molar-refractivity contribution in [2.24, 2.45) is 28.1 Å². The van der Waals surface area contributed by atoms with E-state index in [1.165, 1.54) is 12.8 Å². The standard InChI is InChI=1S/C20H30O2/c1-5-18(2)12-9-15-14(13-18)7-8-16-19(15,3)10-6-11-20(16,4)17(21)22/h5,13,15-16H,1,6-12H2,2-4H3,(H,21,22)/t15?,16?,18-,19-,20-/m0/s1. The van der Waals surface area contributed by atoms with Crippen LogP contribution < -0.4 is 0 Å². The van der Waals surface area contributed by atoms with Gasteiger partial charge >= 0.3 is 5.97 Å². The summed E-state index contributed by atoms with van der Waals surface area (Å²) in [4.78, 5) is 12.0. The maximum absolute atomic E-state index is 12.0. The zero-order valence-corrected chi connectivity index (χ0v) is 14.3. The highest BCUT2D eigenvalue weighted by Gasteiger charge is 2.58. The molecule has 2 nitrogen and oxygen atoms in total. The molecule has 0 aromatic carbocycles. The van der Waals surface area contributed by atoms with Gasteiger partial charge in [-0.3, -0.25) is 4.79 Å². The van der Waals surface area contributed by atoms with Crippen molar-refractivity contribution in [1.29, 1.82) is 0 Å². The Hall–Kier alpha value is -1.05. The van der Waals surface area contributed by atoms with Gasteiger partial charge in [0.15, 0.2) is 0 Å². The second-order valence-electron chi connectivity index (χ2n) is 8.69. The molecule has 5 atom stereocenters. The molecule has 2 saturated carbocycles. The van der Waals surface area contributed by atoms with E-state index in [-0.39, 0.29) is 10.8 Å². The van der Waals surface area contributed by atoms with Gasteiger partial charge in [0.2, 0.25) is 0 Å². The molecule has 2 unspecified atom stereocenters. The average Bonchev–Trinajstić information content (AvgIpc) is 2.46. The second-order valence-corrected chi connectivity index (χ2v) is 8.69. The van der Waals surface area contributed by atoms with Gasteiger partial charge in [-0.25, -0.2) is 0 Å². The predicted molar refractivity (Wildman–Crippen MR) is 89.5 cm³/mol. The first kappa shape index (κ1) is 15.8. The van der Waals surface area contributed by atoms with E-state index in [1.807, 2.05) is 6.92 Å². The molecule has 22 heavy (non-hydrogen) atoms. The lowest BCUT2D eigenvalue weighted by Crippen LogP contribution is -2.54. The highest BCUT2D eigenvalue weighted by atomic mass is 16.4. The highest BCUT2D eigenvalue weighted by molar-refractivity contribution is 5.75. The fourth-order valence-electron chi connectivity index (χ4n) is 5.94. The number of carbonyl (C=O) groups is 1. The molecule has 0 heterocycles. The smallest absolute Gasteiger partial charge is 0.309 e. The molecule has 0 amide bonds. The van der Waals surface area contributed by atoms with E-state index in [0.717, 1.165) is 32.1 Å². The molecule has 0 spiro atoms. The lowest BCUT2D eigenvalue weighted by atomic mass is 9.45. The van der Waals surface area contributed by atoms with Crippen LogP contribution in [0.15, 0.2) is 24.3 Å². The monoisotopic (exact) mass is 302 g/mol. The summed E-state index contributed by atoms with van der Waals surface area (Å²) in [5.74, 6) is 0.322. The summed E-state index contributed by atoms with van der Waals surface area (Å²) in [6.07, 6.45) is 12.1. The Morgan fingerprint density at radius 1 is 1.27 bits per heavy atom. The fourth-order valence-corrected chi connectivity index (χ4v) is 5.94. The third kappa shape index (κ3) is 2.10. The number of allylic oxidation sites excluding steroid dienone is 3. The Morgan fingerprint density at radius 3 is 2.64 bits per heavy atom. The molecule has 2 heteroatoms. The van der Waals surface area contributed by atoms with Crippen LogP contribution in [0.5, 0.6) is 0 Å². The van der Waals surface area contributed by atoms with E-state index in [1.54, 1.807) is 5.57 Å². The van der Waals surface area contributed by atoms with Gasteiger partial charge in [-0.2, -0.15) is 0 Å². The van der Waals surface area contributed by atoms with Gasteiger partial charge in [-0.1, -0.05) is 38.0 Å². The van der Waals surface area contributed by atoms with Crippen molar-refractivity contribution in [2.45, 2.75) is 65.7 Å². The van der Waals surface area contributed by atoms with E-state index in [9.17, 15) is 9.90 Å². The van der Waals surface area contributed by atoms with Crippen LogP contribution in [-0.4, -0.2) is 11.1 Å². The number of hydrogen-bond donors (Lipinski definition) is 1. The second kappa shape index (κ2) is 4.97. The molecule has 1 N–H and O–H groups in total. The summed E-state index contributed by atoms with van der Waals surface area (Å²) in [7, 11) is 0. The predicted octanol–water partition coefficient (Wildman–Crippen LogP) is 5.21. The number of carboxylic acids is 1. The van der Waals surface area contributed by atoms with Crippen LogP contribution in [0, 0.1) is 28.1 Å². The Kier molecular flexibility index (Phi) is 3.58. The summed E-state index contributed by atoms with van der Waals surface area (Å²) >= 11 is 0.